The number of nitrogens with one attached hydrogen (secondary N) is 2. The predicted molar refractivity (Wildman–Crippen MR) is 108 cm³/mol. The molecule has 0 aliphatic carbocycles. The average Bonchev–Trinajstić information content (AvgIpc) is 3.15. The number of carbonyl (C=O) groups excluding carboxylic acids is 2. The molecule has 3 aromatic rings. The molecule has 0 fully saturated rings. The molecule has 1 heterocycles. The predicted octanol–water partition coefficient (Wildman–Crippen LogP) is 2.57. The van der Waals surface area contributed by atoms with Crippen LogP contribution in [0.25, 0.3) is 5.69 Å². The Kier molecular flexibility index (Phi) is 6.53. The maximum absolute atomic E-state index is 13.2. The van der Waals surface area contributed by atoms with E-state index in [4.69, 9.17) is 11.6 Å². The zero-order valence-electron chi connectivity index (χ0n) is 15.5. The van der Waals surface area contributed by atoms with E-state index >= 15 is 0 Å². The van der Waals surface area contributed by atoms with Crippen molar-refractivity contribution in [3.63, 3.8) is 0 Å². The van der Waals surface area contributed by atoms with Gasteiger partial charge in [-0.3, -0.25) is 14.5 Å². The molecule has 10 heteroatoms. The number of amides is 2. The first kappa shape index (κ1) is 20.4. The molecule has 29 heavy (non-hydrogen) atoms. The van der Waals surface area contributed by atoms with Crippen molar-refractivity contribution in [2.45, 2.75) is 0 Å². The van der Waals surface area contributed by atoms with E-state index < -0.39 is 5.82 Å². The summed E-state index contributed by atoms with van der Waals surface area (Å²) in [5.41, 5.74) is 1.42. The third-order valence-electron chi connectivity index (χ3n) is 3.83. The Morgan fingerprint density at radius 2 is 1.90 bits per heavy atom. The summed E-state index contributed by atoms with van der Waals surface area (Å²) >= 11 is 6.04. The number of halogens is 2. The Labute approximate surface area is 171 Å². The van der Waals surface area contributed by atoms with Gasteiger partial charge in [0.05, 0.1) is 24.5 Å². The van der Waals surface area contributed by atoms with Crippen LogP contribution < -0.4 is 10.6 Å². The molecule has 3 rings (SSSR count). The second-order valence-electron chi connectivity index (χ2n) is 6.28. The molecule has 2 N–H and O–H groups in total. The van der Waals surface area contributed by atoms with E-state index in [1.54, 1.807) is 31.3 Å². The first-order valence-corrected chi connectivity index (χ1v) is 8.97. The molecule has 0 saturated carbocycles. The summed E-state index contributed by atoms with van der Waals surface area (Å²) in [6.07, 6.45) is 2.88. The smallest absolute Gasteiger partial charge is 0.238 e. The van der Waals surface area contributed by atoms with E-state index in [1.165, 1.54) is 40.4 Å². The molecule has 0 aliphatic heterocycles. The summed E-state index contributed by atoms with van der Waals surface area (Å²) in [7, 11) is 1.63. The average molecular weight is 417 g/mol. The highest BCUT2D eigenvalue weighted by atomic mass is 35.5. The number of nitrogens with zero attached hydrogens (tertiary/aromatic N) is 4. The molecule has 1 aromatic heterocycles. The second-order valence-corrected chi connectivity index (χ2v) is 6.72. The van der Waals surface area contributed by atoms with E-state index in [-0.39, 0.29) is 24.9 Å². The van der Waals surface area contributed by atoms with Gasteiger partial charge in [-0.25, -0.2) is 14.1 Å². The van der Waals surface area contributed by atoms with Gasteiger partial charge in [-0.05, 0) is 43.4 Å². The number of carbonyl (C=O) groups is 2. The Balaban J connectivity index is 1.58. The molecule has 0 unspecified atom stereocenters. The van der Waals surface area contributed by atoms with E-state index in [2.05, 4.69) is 20.7 Å². The van der Waals surface area contributed by atoms with Gasteiger partial charge in [0.2, 0.25) is 11.8 Å². The molecule has 0 bridgehead atoms. The van der Waals surface area contributed by atoms with Crippen molar-refractivity contribution >= 4 is 34.8 Å². The van der Waals surface area contributed by atoms with Gasteiger partial charge >= 0.3 is 0 Å². The van der Waals surface area contributed by atoms with Gasteiger partial charge in [-0.15, -0.1) is 0 Å². The van der Waals surface area contributed by atoms with E-state index in [1.807, 2.05) is 0 Å². The molecule has 0 atom stereocenters. The fourth-order valence-electron chi connectivity index (χ4n) is 2.64. The fraction of sp³-hybridized carbons (Fsp3) is 0.158. The Morgan fingerprint density at radius 3 is 2.59 bits per heavy atom. The quantitative estimate of drug-likeness (QED) is 0.617. The zero-order chi connectivity index (χ0) is 20.8. The minimum atomic E-state index is -0.444. The first-order chi connectivity index (χ1) is 13.9. The molecule has 0 saturated heterocycles. The summed E-state index contributed by atoms with van der Waals surface area (Å²) in [6, 6.07) is 10.6. The molecule has 150 valence electrons. The molecule has 8 nitrogen and oxygen atoms in total. The normalized spacial score (nSPS) is 10.8. The summed E-state index contributed by atoms with van der Waals surface area (Å²) in [5.74, 6) is -1.15. The van der Waals surface area contributed by atoms with Crippen LogP contribution in [0.2, 0.25) is 5.02 Å². The van der Waals surface area contributed by atoms with Crippen molar-refractivity contribution in [1.82, 2.24) is 19.7 Å². The molecule has 2 aromatic carbocycles. The molecule has 0 spiro atoms. The highest BCUT2D eigenvalue weighted by Gasteiger charge is 2.14. The van der Waals surface area contributed by atoms with Crippen LogP contribution in [0.15, 0.2) is 55.1 Å². The van der Waals surface area contributed by atoms with Crippen LogP contribution >= 0.6 is 11.6 Å². The number of aromatic nitrogens is 3. The lowest BCUT2D eigenvalue weighted by molar-refractivity contribution is -0.119. The third-order valence-corrected chi connectivity index (χ3v) is 4.07. The van der Waals surface area contributed by atoms with Gasteiger partial charge in [0.1, 0.15) is 18.5 Å². The number of rotatable bonds is 7. The minimum absolute atomic E-state index is 0.0418. The first-order valence-electron chi connectivity index (χ1n) is 8.59. The van der Waals surface area contributed by atoms with Crippen LogP contribution in [-0.4, -0.2) is 51.6 Å². The van der Waals surface area contributed by atoms with E-state index in [9.17, 15) is 14.0 Å². The molecular formula is C19H18ClFN6O2. The van der Waals surface area contributed by atoms with Crippen molar-refractivity contribution < 1.29 is 14.0 Å². The maximum atomic E-state index is 13.2. The Morgan fingerprint density at radius 1 is 1.14 bits per heavy atom. The zero-order valence-corrected chi connectivity index (χ0v) is 16.2. The Hall–Kier alpha value is -3.30. The van der Waals surface area contributed by atoms with Crippen LogP contribution in [0.5, 0.6) is 0 Å². The highest BCUT2D eigenvalue weighted by Crippen LogP contribution is 2.23. The summed E-state index contributed by atoms with van der Waals surface area (Å²) in [5, 5.41) is 9.85. The standard InChI is InChI=1S/C19H18ClFN6O2/c1-26(9-18(28)24-15-4-2-3-14(21)8-15)10-19(29)25-16-7-13(20)5-6-17(16)27-12-22-11-23-27/h2-8,11-12H,9-10H2,1H3,(H,24,28)(H,25,29). The number of likely N-dealkylation sites (N-methyl/N-ethyl adjacent to an activating group) is 1. The third kappa shape index (κ3) is 5.84. The van der Waals surface area contributed by atoms with Crippen molar-refractivity contribution in [1.29, 1.82) is 0 Å². The van der Waals surface area contributed by atoms with Gasteiger partial charge in [0.15, 0.2) is 0 Å². The van der Waals surface area contributed by atoms with Gasteiger partial charge < -0.3 is 10.6 Å². The van der Waals surface area contributed by atoms with Crippen LogP contribution in [0.4, 0.5) is 15.8 Å². The van der Waals surface area contributed by atoms with Crippen molar-refractivity contribution in [2.75, 3.05) is 30.8 Å². The lowest BCUT2D eigenvalue weighted by atomic mass is 10.2. The number of anilines is 2. The van der Waals surface area contributed by atoms with Crippen LogP contribution in [0.1, 0.15) is 0 Å². The summed E-state index contributed by atoms with van der Waals surface area (Å²) < 4.78 is 14.7. The van der Waals surface area contributed by atoms with Gasteiger partial charge in [-0.2, -0.15) is 5.10 Å². The van der Waals surface area contributed by atoms with E-state index in [0.717, 1.165) is 0 Å². The van der Waals surface area contributed by atoms with Crippen LogP contribution in [0.3, 0.4) is 0 Å². The molecule has 2 amide bonds. The van der Waals surface area contributed by atoms with Crippen molar-refractivity contribution in [3.05, 3.63) is 66.0 Å². The van der Waals surface area contributed by atoms with Gasteiger partial charge in [0.25, 0.3) is 0 Å². The molecule has 0 radical (unpaired) electrons. The maximum Gasteiger partial charge on any atom is 0.238 e. The van der Waals surface area contributed by atoms with Crippen LogP contribution in [-0.2, 0) is 9.59 Å². The van der Waals surface area contributed by atoms with Crippen molar-refractivity contribution in [3.8, 4) is 5.69 Å². The number of hydrogen-bond donors (Lipinski definition) is 2. The second kappa shape index (κ2) is 9.26. The minimum Gasteiger partial charge on any atom is -0.325 e. The van der Waals surface area contributed by atoms with E-state index in [0.29, 0.717) is 22.1 Å². The highest BCUT2D eigenvalue weighted by molar-refractivity contribution is 6.31. The molecule has 0 aliphatic rings. The Bertz CT molecular complexity index is 1010. The number of benzene rings is 2. The number of hydrogen-bond acceptors (Lipinski definition) is 5. The lowest BCUT2D eigenvalue weighted by Gasteiger charge is -2.17. The largest absolute Gasteiger partial charge is 0.325 e. The van der Waals surface area contributed by atoms with Crippen LogP contribution in [0, 0.1) is 5.82 Å². The van der Waals surface area contributed by atoms with Gasteiger partial charge in [0, 0.05) is 10.7 Å². The summed E-state index contributed by atoms with van der Waals surface area (Å²) in [6.45, 7) is -0.0880. The monoisotopic (exact) mass is 416 g/mol. The van der Waals surface area contributed by atoms with Crippen molar-refractivity contribution in [2.24, 2.45) is 0 Å². The fourth-order valence-corrected chi connectivity index (χ4v) is 2.82. The topological polar surface area (TPSA) is 92.2 Å². The molecular weight excluding hydrogens is 399 g/mol. The lowest BCUT2D eigenvalue weighted by Crippen LogP contribution is -2.36. The summed E-state index contributed by atoms with van der Waals surface area (Å²) in [4.78, 5) is 29.9. The SMILES string of the molecule is CN(CC(=O)Nc1cccc(F)c1)CC(=O)Nc1cc(Cl)ccc1-n1cncn1. The van der Waals surface area contributed by atoms with Gasteiger partial charge in [-0.1, -0.05) is 17.7 Å².